The molecule has 0 saturated carbocycles. The predicted octanol–water partition coefficient (Wildman–Crippen LogP) is 4.10. The maximum absolute atomic E-state index is 13.0. The lowest BCUT2D eigenvalue weighted by molar-refractivity contribution is -0.120. The van der Waals surface area contributed by atoms with E-state index in [4.69, 9.17) is 4.74 Å². The molecule has 7 heteroatoms. The molecular formula is C24H24FN3O3. The first-order valence-corrected chi connectivity index (χ1v) is 9.92. The van der Waals surface area contributed by atoms with Crippen LogP contribution in [0.3, 0.4) is 0 Å². The van der Waals surface area contributed by atoms with Gasteiger partial charge in [0, 0.05) is 22.6 Å². The van der Waals surface area contributed by atoms with E-state index < -0.39 is 0 Å². The Kier molecular flexibility index (Phi) is 6.97. The summed E-state index contributed by atoms with van der Waals surface area (Å²) in [5.74, 6) is -0.999. The second-order valence-electron chi connectivity index (χ2n) is 7.03. The van der Waals surface area contributed by atoms with E-state index in [1.165, 1.54) is 12.1 Å². The minimum Gasteiger partial charge on any atom is -0.462 e. The number of ether oxygens (including phenoxy) is 1. The van der Waals surface area contributed by atoms with Crippen LogP contribution in [0.4, 0.5) is 4.39 Å². The van der Waals surface area contributed by atoms with Gasteiger partial charge in [-0.25, -0.2) is 14.6 Å². The second kappa shape index (κ2) is 9.84. The number of benzene rings is 2. The van der Waals surface area contributed by atoms with Crippen molar-refractivity contribution in [1.82, 2.24) is 9.99 Å². The molecule has 0 spiro atoms. The molecule has 0 bridgehead atoms. The second-order valence-corrected chi connectivity index (χ2v) is 7.03. The highest BCUT2D eigenvalue weighted by Crippen LogP contribution is 2.21. The molecule has 0 fully saturated rings. The number of aryl methyl sites for hydroxylation is 1. The fourth-order valence-corrected chi connectivity index (χ4v) is 3.30. The van der Waals surface area contributed by atoms with Crippen molar-refractivity contribution in [2.24, 2.45) is 5.10 Å². The Morgan fingerprint density at radius 1 is 1.13 bits per heavy atom. The summed E-state index contributed by atoms with van der Waals surface area (Å²) in [5.41, 5.74) is 7.21. The maximum atomic E-state index is 13.0. The van der Waals surface area contributed by atoms with Crippen molar-refractivity contribution >= 4 is 18.1 Å². The van der Waals surface area contributed by atoms with Crippen LogP contribution in [0.2, 0.25) is 0 Å². The van der Waals surface area contributed by atoms with E-state index in [1.54, 1.807) is 37.4 Å². The van der Waals surface area contributed by atoms with Crippen LogP contribution in [0.25, 0.3) is 5.69 Å². The van der Waals surface area contributed by atoms with E-state index in [1.807, 2.05) is 36.6 Å². The van der Waals surface area contributed by atoms with Gasteiger partial charge in [-0.15, -0.1) is 0 Å². The fraction of sp³-hybridized carbons (Fsp3) is 0.208. The number of esters is 1. The van der Waals surface area contributed by atoms with Gasteiger partial charge in [-0.3, -0.25) is 4.79 Å². The summed E-state index contributed by atoms with van der Waals surface area (Å²) in [4.78, 5) is 24.1. The van der Waals surface area contributed by atoms with Gasteiger partial charge in [0.2, 0.25) is 5.91 Å². The number of hydrogen-bond acceptors (Lipinski definition) is 4. The van der Waals surface area contributed by atoms with Crippen LogP contribution < -0.4 is 5.43 Å². The Morgan fingerprint density at radius 3 is 2.58 bits per heavy atom. The minimum atomic E-state index is -0.363. The van der Waals surface area contributed by atoms with Crippen LogP contribution in [0.5, 0.6) is 0 Å². The molecule has 1 amide bonds. The Labute approximate surface area is 180 Å². The third-order valence-electron chi connectivity index (χ3n) is 4.76. The lowest BCUT2D eigenvalue weighted by atomic mass is 10.1. The summed E-state index contributed by atoms with van der Waals surface area (Å²) in [7, 11) is 0. The number of aromatic nitrogens is 1. The highest BCUT2D eigenvalue weighted by atomic mass is 19.1. The van der Waals surface area contributed by atoms with Gasteiger partial charge in [-0.1, -0.05) is 18.2 Å². The van der Waals surface area contributed by atoms with Crippen LogP contribution in [0.15, 0.2) is 59.7 Å². The van der Waals surface area contributed by atoms with Gasteiger partial charge < -0.3 is 9.30 Å². The highest BCUT2D eigenvalue weighted by Gasteiger charge is 2.12. The molecule has 6 nitrogen and oxygen atoms in total. The molecule has 0 atom stereocenters. The van der Waals surface area contributed by atoms with Crippen molar-refractivity contribution in [3.05, 3.63) is 88.5 Å². The SMILES string of the molecule is CCOC(=O)c1cccc(-n2c(C)cc(/C=N/NC(=O)Cc3ccc(F)cc3)c2C)c1. The zero-order valence-electron chi connectivity index (χ0n) is 17.7. The van der Waals surface area contributed by atoms with Crippen LogP contribution in [0, 0.1) is 19.7 Å². The lowest BCUT2D eigenvalue weighted by Gasteiger charge is -2.11. The molecule has 0 aliphatic rings. The molecular weight excluding hydrogens is 397 g/mol. The van der Waals surface area contributed by atoms with Crippen molar-refractivity contribution in [1.29, 1.82) is 0 Å². The number of amides is 1. The summed E-state index contributed by atoms with van der Waals surface area (Å²) in [5, 5.41) is 4.05. The van der Waals surface area contributed by atoms with E-state index in [0.717, 1.165) is 22.6 Å². The van der Waals surface area contributed by atoms with Crippen LogP contribution >= 0.6 is 0 Å². The van der Waals surface area contributed by atoms with Gasteiger partial charge in [-0.05, 0) is 62.7 Å². The minimum absolute atomic E-state index is 0.108. The van der Waals surface area contributed by atoms with Crippen LogP contribution in [-0.4, -0.2) is 29.3 Å². The number of carbonyl (C=O) groups excluding carboxylic acids is 2. The molecule has 0 aliphatic heterocycles. The Morgan fingerprint density at radius 2 is 1.87 bits per heavy atom. The first-order valence-electron chi connectivity index (χ1n) is 9.92. The molecule has 3 rings (SSSR count). The molecule has 3 aromatic rings. The van der Waals surface area contributed by atoms with Gasteiger partial charge in [-0.2, -0.15) is 5.10 Å². The zero-order chi connectivity index (χ0) is 22.4. The third-order valence-corrected chi connectivity index (χ3v) is 4.76. The first-order chi connectivity index (χ1) is 14.9. The van der Waals surface area contributed by atoms with Crippen LogP contribution in [0.1, 0.15) is 39.8 Å². The van der Waals surface area contributed by atoms with E-state index in [-0.39, 0.29) is 24.1 Å². The predicted molar refractivity (Wildman–Crippen MR) is 117 cm³/mol. The van der Waals surface area contributed by atoms with Gasteiger partial charge in [0.15, 0.2) is 0 Å². The number of nitrogens with one attached hydrogen (secondary N) is 1. The Hall–Kier alpha value is -3.74. The Balaban J connectivity index is 1.72. The first kappa shape index (κ1) is 22.0. The molecule has 0 radical (unpaired) electrons. The normalized spacial score (nSPS) is 11.0. The van der Waals surface area contributed by atoms with Crippen molar-refractivity contribution in [3.63, 3.8) is 0 Å². The molecule has 2 aromatic carbocycles. The molecule has 1 N–H and O–H groups in total. The fourth-order valence-electron chi connectivity index (χ4n) is 3.30. The zero-order valence-corrected chi connectivity index (χ0v) is 17.7. The van der Waals surface area contributed by atoms with E-state index in [9.17, 15) is 14.0 Å². The quantitative estimate of drug-likeness (QED) is 0.355. The molecule has 0 aliphatic carbocycles. The molecule has 0 unspecified atom stereocenters. The standard InChI is InChI=1S/C24H24FN3O3/c1-4-31-24(30)19-6-5-7-22(14-19)28-16(2)12-20(17(28)3)15-26-27-23(29)13-18-8-10-21(25)11-9-18/h5-12,14-15H,4,13H2,1-3H3,(H,27,29)/b26-15+. The van der Waals surface area contributed by atoms with Crippen molar-refractivity contribution in [2.45, 2.75) is 27.2 Å². The topological polar surface area (TPSA) is 72.7 Å². The average Bonchev–Trinajstić information content (AvgIpc) is 3.03. The summed E-state index contributed by atoms with van der Waals surface area (Å²) >= 11 is 0. The molecule has 31 heavy (non-hydrogen) atoms. The largest absolute Gasteiger partial charge is 0.462 e. The van der Waals surface area contributed by atoms with Gasteiger partial charge in [0.25, 0.3) is 0 Å². The summed E-state index contributed by atoms with van der Waals surface area (Å²) in [6, 6.07) is 14.9. The van der Waals surface area contributed by atoms with Gasteiger partial charge in [0.05, 0.1) is 24.8 Å². The number of halogens is 1. The van der Waals surface area contributed by atoms with Crippen molar-refractivity contribution in [2.75, 3.05) is 6.61 Å². The average molecular weight is 421 g/mol. The van der Waals surface area contributed by atoms with Gasteiger partial charge >= 0.3 is 5.97 Å². The number of nitrogens with zero attached hydrogens (tertiary/aromatic N) is 2. The summed E-state index contributed by atoms with van der Waals surface area (Å²) in [6.45, 7) is 5.98. The number of hydrogen-bond donors (Lipinski definition) is 1. The molecule has 0 saturated heterocycles. The van der Waals surface area contributed by atoms with E-state index in [0.29, 0.717) is 17.7 Å². The number of carbonyl (C=O) groups is 2. The molecule has 160 valence electrons. The highest BCUT2D eigenvalue weighted by molar-refractivity contribution is 5.90. The van der Waals surface area contributed by atoms with Gasteiger partial charge in [0.1, 0.15) is 5.82 Å². The molecule has 1 heterocycles. The summed E-state index contributed by atoms with van der Waals surface area (Å²) in [6.07, 6.45) is 1.69. The number of hydrazone groups is 1. The summed E-state index contributed by atoms with van der Waals surface area (Å²) < 4.78 is 20.0. The van der Waals surface area contributed by atoms with Crippen molar-refractivity contribution in [3.8, 4) is 5.69 Å². The van der Waals surface area contributed by atoms with Crippen molar-refractivity contribution < 1.29 is 18.7 Å². The maximum Gasteiger partial charge on any atom is 0.338 e. The van der Waals surface area contributed by atoms with Crippen LogP contribution in [-0.2, 0) is 16.0 Å². The molecule has 1 aromatic heterocycles. The van der Waals surface area contributed by atoms with E-state index in [2.05, 4.69) is 10.5 Å². The smallest absolute Gasteiger partial charge is 0.338 e. The monoisotopic (exact) mass is 421 g/mol. The Bertz CT molecular complexity index is 1120. The third kappa shape index (κ3) is 5.45. The lowest BCUT2D eigenvalue weighted by Crippen LogP contribution is -2.19. The van der Waals surface area contributed by atoms with E-state index >= 15 is 0 Å². The number of rotatable bonds is 7.